The predicted molar refractivity (Wildman–Crippen MR) is 59.0 cm³/mol. The van der Waals surface area contributed by atoms with Crippen molar-refractivity contribution < 1.29 is 14.2 Å². The van der Waals surface area contributed by atoms with Crippen LogP contribution in [0.25, 0.3) is 0 Å². The minimum atomic E-state index is -0.0114. The molecule has 86 valence electrons. The molecule has 2 aliphatic rings. The van der Waals surface area contributed by atoms with Crippen molar-refractivity contribution in [3.05, 3.63) is 24.3 Å². The maximum Gasteiger partial charge on any atom is 0.161 e. The van der Waals surface area contributed by atoms with Gasteiger partial charge in [0.2, 0.25) is 0 Å². The fraction of sp³-hybridized carbons (Fsp3) is 0.500. The van der Waals surface area contributed by atoms with Gasteiger partial charge in [-0.05, 0) is 12.1 Å². The lowest BCUT2D eigenvalue weighted by atomic mass is 10.1. The highest BCUT2D eigenvalue weighted by Crippen LogP contribution is 2.32. The lowest BCUT2D eigenvalue weighted by Gasteiger charge is -2.34. The van der Waals surface area contributed by atoms with E-state index in [1.165, 1.54) is 0 Å². The van der Waals surface area contributed by atoms with E-state index < -0.39 is 0 Å². The van der Waals surface area contributed by atoms with E-state index in [0.717, 1.165) is 31.2 Å². The van der Waals surface area contributed by atoms with Gasteiger partial charge in [0.1, 0.15) is 12.7 Å². The quantitative estimate of drug-likeness (QED) is 0.762. The highest BCUT2D eigenvalue weighted by molar-refractivity contribution is 5.40. The summed E-state index contributed by atoms with van der Waals surface area (Å²) in [5.74, 6) is 1.63. The molecule has 1 N–H and O–H groups in total. The Morgan fingerprint density at radius 3 is 2.81 bits per heavy atom. The van der Waals surface area contributed by atoms with Crippen molar-refractivity contribution in [3.8, 4) is 11.5 Å². The first-order valence-corrected chi connectivity index (χ1v) is 5.64. The van der Waals surface area contributed by atoms with Gasteiger partial charge < -0.3 is 19.5 Å². The second kappa shape index (κ2) is 4.31. The molecule has 3 rings (SSSR count). The number of hydrogen-bond acceptors (Lipinski definition) is 4. The lowest BCUT2D eigenvalue weighted by Crippen LogP contribution is -2.50. The molecule has 16 heavy (non-hydrogen) atoms. The number of hydrogen-bond donors (Lipinski definition) is 1. The molecule has 1 aromatic carbocycles. The average Bonchev–Trinajstić information content (AvgIpc) is 2.39. The second-order valence-corrected chi connectivity index (χ2v) is 4.03. The third kappa shape index (κ3) is 1.86. The van der Waals surface area contributed by atoms with Crippen LogP contribution >= 0.6 is 0 Å². The molecule has 4 heteroatoms. The van der Waals surface area contributed by atoms with Crippen molar-refractivity contribution in [2.24, 2.45) is 0 Å². The van der Waals surface area contributed by atoms with Gasteiger partial charge in [-0.2, -0.15) is 0 Å². The minimum absolute atomic E-state index is 0.0114. The van der Waals surface area contributed by atoms with E-state index in [0.29, 0.717) is 6.61 Å². The largest absolute Gasteiger partial charge is 0.486 e. The molecule has 0 radical (unpaired) electrons. The Kier molecular flexibility index (Phi) is 2.68. The van der Waals surface area contributed by atoms with Gasteiger partial charge in [-0.15, -0.1) is 0 Å². The van der Waals surface area contributed by atoms with Crippen LogP contribution in [0.5, 0.6) is 11.5 Å². The zero-order valence-electron chi connectivity index (χ0n) is 9.02. The summed E-state index contributed by atoms with van der Waals surface area (Å²) in [4.78, 5) is 0. The smallest absolute Gasteiger partial charge is 0.161 e. The first-order valence-electron chi connectivity index (χ1n) is 5.64. The van der Waals surface area contributed by atoms with Gasteiger partial charge in [-0.1, -0.05) is 12.1 Å². The molecule has 2 unspecified atom stereocenters. The summed E-state index contributed by atoms with van der Waals surface area (Å²) in [5.41, 5.74) is 0. The van der Waals surface area contributed by atoms with Gasteiger partial charge in [-0.3, -0.25) is 0 Å². The van der Waals surface area contributed by atoms with Gasteiger partial charge in [0.05, 0.1) is 6.61 Å². The number of rotatable bonds is 1. The van der Waals surface area contributed by atoms with Crippen LogP contribution in [0.15, 0.2) is 24.3 Å². The van der Waals surface area contributed by atoms with Crippen LogP contribution in [-0.4, -0.2) is 38.5 Å². The fourth-order valence-electron chi connectivity index (χ4n) is 2.04. The molecule has 2 heterocycles. The van der Waals surface area contributed by atoms with Gasteiger partial charge >= 0.3 is 0 Å². The topological polar surface area (TPSA) is 39.7 Å². The number of fused-ring (bicyclic) bond motifs is 1. The molecular weight excluding hydrogens is 206 g/mol. The summed E-state index contributed by atoms with van der Waals surface area (Å²) in [7, 11) is 0. The summed E-state index contributed by atoms with van der Waals surface area (Å²) in [6.07, 6.45) is 0.0739. The van der Waals surface area contributed by atoms with E-state index >= 15 is 0 Å². The van der Waals surface area contributed by atoms with E-state index in [9.17, 15) is 0 Å². The van der Waals surface area contributed by atoms with Crippen LogP contribution < -0.4 is 14.8 Å². The summed E-state index contributed by atoms with van der Waals surface area (Å²) >= 11 is 0. The Hall–Kier alpha value is -1.26. The summed E-state index contributed by atoms with van der Waals surface area (Å²) < 4.78 is 17.2. The van der Waals surface area contributed by atoms with Crippen molar-refractivity contribution in [3.63, 3.8) is 0 Å². The van der Waals surface area contributed by atoms with Gasteiger partial charge in [0.15, 0.2) is 17.6 Å². The molecule has 1 aromatic rings. The SMILES string of the molecule is c1ccc2c(c1)OCC(C1CNCCO1)O2. The lowest BCUT2D eigenvalue weighted by molar-refractivity contribution is -0.0655. The van der Waals surface area contributed by atoms with E-state index in [4.69, 9.17) is 14.2 Å². The van der Waals surface area contributed by atoms with Crippen molar-refractivity contribution in [2.75, 3.05) is 26.3 Å². The molecule has 0 aromatic heterocycles. The van der Waals surface area contributed by atoms with Crippen LogP contribution in [0, 0.1) is 0 Å². The maximum absolute atomic E-state index is 5.88. The third-order valence-electron chi connectivity index (χ3n) is 2.90. The van der Waals surface area contributed by atoms with Crippen LogP contribution in [0.4, 0.5) is 0 Å². The fourth-order valence-corrected chi connectivity index (χ4v) is 2.04. The summed E-state index contributed by atoms with van der Waals surface area (Å²) in [5, 5.41) is 3.30. The molecule has 1 saturated heterocycles. The molecule has 0 spiro atoms. The van der Waals surface area contributed by atoms with Crippen LogP contribution in [-0.2, 0) is 4.74 Å². The predicted octanol–water partition coefficient (Wildman–Crippen LogP) is 0.815. The van der Waals surface area contributed by atoms with Crippen molar-refractivity contribution >= 4 is 0 Å². The standard InChI is InChI=1S/C12H15NO3/c1-2-4-10-9(3-1)15-8-12(16-10)11-7-13-5-6-14-11/h1-4,11-13H,5-8H2. The zero-order chi connectivity index (χ0) is 10.8. The van der Waals surface area contributed by atoms with Gasteiger partial charge in [0.25, 0.3) is 0 Å². The molecule has 0 aliphatic carbocycles. The van der Waals surface area contributed by atoms with Crippen LogP contribution in [0.3, 0.4) is 0 Å². The zero-order valence-corrected chi connectivity index (χ0v) is 9.02. The normalized spacial score (nSPS) is 28.8. The second-order valence-electron chi connectivity index (χ2n) is 4.03. The first-order chi connectivity index (χ1) is 7.93. The Balaban J connectivity index is 1.72. The molecule has 2 aliphatic heterocycles. The van der Waals surface area contributed by atoms with Gasteiger partial charge in [-0.25, -0.2) is 0 Å². The number of ether oxygens (including phenoxy) is 3. The molecule has 0 bridgehead atoms. The summed E-state index contributed by atoms with van der Waals surface area (Å²) in [6, 6.07) is 7.75. The minimum Gasteiger partial charge on any atom is -0.486 e. The maximum atomic E-state index is 5.88. The van der Waals surface area contributed by atoms with E-state index in [1.54, 1.807) is 0 Å². The van der Waals surface area contributed by atoms with Crippen molar-refractivity contribution in [1.82, 2.24) is 5.32 Å². The van der Waals surface area contributed by atoms with Crippen molar-refractivity contribution in [2.45, 2.75) is 12.2 Å². The first kappa shape index (κ1) is 9.93. The Bertz CT molecular complexity index is 363. The third-order valence-corrected chi connectivity index (χ3v) is 2.90. The summed E-state index contributed by atoms with van der Waals surface area (Å²) in [6.45, 7) is 3.05. The number of morpholine rings is 1. The monoisotopic (exact) mass is 221 g/mol. The van der Waals surface area contributed by atoms with E-state index in [2.05, 4.69) is 5.32 Å². The number of para-hydroxylation sites is 2. The average molecular weight is 221 g/mol. The van der Waals surface area contributed by atoms with E-state index in [-0.39, 0.29) is 12.2 Å². The number of nitrogens with one attached hydrogen (secondary N) is 1. The van der Waals surface area contributed by atoms with E-state index in [1.807, 2.05) is 24.3 Å². The molecule has 0 amide bonds. The highest BCUT2D eigenvalue weighted by Gasteiger charge is 2.30. The molecule has 1 fully saturated rings. The Morgan fingerprint density at radius 1 is 1.12 bits per heavy atom. The van der Waals surface area contributed by atoms with Gasteiger partial charge in [0, 0.05) is 13.1 Å². The molecular formula is C12H15NO3. The molecule has 2 atom stereocenters. The van der Waals surface area contributed by atoms with Crippen LogP contribution in [0.2, 0.25) is 0 Å². The molecule has 4 nitrogen and oxygen atoms in total. The molecule has 0 saturated carbocycles. The van der Waals surface area contributed by atoms with Crippen molar-refractivity contribution in [1.29, 1.82) is 0 Å². The Labute approximate surface area is 94.5 Å². The Morgan fingerprint density at radius 2 is 2.00 bits per heavy atom. The number of benzene rings is 1. The highest BCUT2D eigenvalue weighted by atomic mass is 16.6. The van der Waals surface area contributed by atoms with Crippen LogP contribution in [0.1, 0.15) is 0 Å².